The van der Waals surface area contributed by atoms with Crippen molar-refractivity contribution >= 4 is 11.9 Å². The van der Waals surface area contributed by atoms with E-state index in [0.29, 0.717) is 25.9 Å². The maximum atomic E-state index is 11.6. The van der Waals surface area contributed by atoms with Gasteiger partial charge in [0.2, 0.25) is 5.91 Å². The molecule has 1 atom stereocenters. The standard InChI is InChI=1S/C15H29NO3/c1-4-6-7-8-10-13(3)16-14(17)11-9-12-15(18)19-5-2/h13H,4-12H2,1-3H3,(H,16,17). The van der Waals surface area contributed by atoms with Crippen LogP contribution in [0, 0.1) is 0 Å². The van der Waals surface area contributed by atoms with Crippen LogP contribution in [-0.2, 0) is 14.3 Å². The highest BCUT2D eigenvalue weighted by Crippen LogP contribution is 2.06. The molecule has 4 nitrogen and oxygen atoms in total. The summed E-state index contributed by atoms with van der Waals surface area (Å²) in [6, 6.07) is 0.229. The van der Waals surface area contributed by atoms with Gasteiger partial charge in [-0.25, -0.2) is 0 Å². The van der Waals surface area contributed by atoms with Crippen molar-refractivity contribution in [2.24, 2.45) is 0 Å². The average molecular weight is 271 g/mol. The largest absolute Gasteiger partial charge is 0.466 e. The Balaban J connectivity index is 3.53. The summed E-state index contributed by atoms with van der Waals surface area (Å²) >= 11 is 0. The minimum Gasteiger partial charge on any atom is -0.466 e. The van der Waals surface area contributed by atoms with Gasteiger partial charge in [-0.05, 0) is 26.7 Å². The van der Waals surface area contributed by atoms with Gasteiger partial charge in [0, 0.05) is 18.9 Å². The third-order valence-corrected chi connectivity index (χ3v) is 2.99. The van der Waals surface area contributed by atoms with E-state index in [1.54, 1.807) is 6.92 Å². The van der Waals surface area contributed by atoms with E-state index in [4.69, 9.17) is 4.74 Å². The van der Waals surface area contributed by atoms with Crippen molar-refractivity contribution in [2.75, 3.05) is 6.61 Å². The minimum absolute atomic E-state index is 0.0345. The van der Waals surface area contributed by atoms with E-state index in [2.05, 4.69) is 12.2 Å². The second-order valence-corrected chi connectivity index (χ2v) is 4.98. The van der Waals surface area contributed by atoms with Gasteiger partial charge >= 0.3 is 5.97 Å². The van der Waals surface area contributed by atoms with Gasteiger partial charge in [0.1, 0.15) is 0 Å². The maximum absolute atomic E-state index is 11.6. The maximum Gasteiger partial charge on any atom is 0.305 e. The molecule has 0 saturated heterocycles. The molecule has 0 spiro atoms. The zero-order valence-corrected chi connectivity index (χ0v) is 12.7. The van der Waals surface area contributed by atoms with Crippen LogP contribution >= 0.6 is 0 Å². The highest BCUT2D eigenvalue weighted by molar-refractivity contribution is 5.77. The monoisotopic (exact) mass is 271 g/mol. The molecule has 0 aromatic rings. The second-order valence-electron chi connectivity index (χ2n) is 4.98. The Bertz CT molecular complexity index is 254. The first kappa shape index (κ1) is 17.9. The van der Waals surface area contributed by atoms with Gasteiger partial charge in [-0.2, -0.15) is 0 Å². The lowest BCUT2D eigenvalue weighted by Gasteiger charge is -2.13. The van der Waals surface area contributed by atoms with Gasteiger partial charge in [-0.15, -0.1) is 0 Å². The molecule has 0 aliphatic carbocycles. The molecular formula is C15H29NO3. The lowest BCUT2D eigenvalue weighted by molar-refractivity contribution is -0.143. The molecule has 0 aliphatic heterocycles. The highest BCUT2D eigenvalue weighted by atomic mass is 16.5. The smallest absolute Gasteiger partial charge is 0.305 e. The van der Waals surface area contributed by atoms with Gasteiger partial charge in [-0.3, -0.25) is 9.59 Å². The molecule has 19 heavy (non-hydrogen) atoms. The highest BCUT2D eigenvalue weighted by Gasteiger charge is 2.08. The molecule has 0 bridgehead atoms. The number of carbonyl (C=O) groups excluding carboxylic acids is 2. The SMILES string of the molecule is CCCCCCC(C)NC(=O)CCCC(=O)OCC. The Morgan fingerprint density at radius 1 is 1.05 bits per heavy atom. The first-order valence-corrected chi connectivity index (χ1v) is 7.55. The van der Waals surface area contributed by atoms with Crippen LogP contribution in [0.1, 0.15) is 72.1 Å². The molecule has 4 heteroatoms. The quantitative estimate of drug-likeness (QED) is 0.464. The van der Waals surface area contributed by atoms with E-state index < -0.39 is 0 Å². The summed E-state index contributed by atoms with van der Waals surface area (Å²) in [7, 11) is 0. The lowest BCUT2D eigenvalue weighted by atomic mass is 10.1. The topological polar surface area (TPSA) is 55.4 Å². The van der Waals surface area contributed by atoms with Crippen LogP contribution in [0.5, 0.6) is 0 Å². The normalized spacial score (nSPS) is 11.9. The van der Waals surface area contributed by atoms with Crippen LogP contribution in [0.15, 0.2) is 0 Å². The van der Waals surface area contributed by atoms with E-state index in [1.165, 1.54) is 19.3 Å². The summed E-state index contributed by atoms with van der Waals surface area (Å²) in [6.45, 7) is 6.41. The first-order chi connectivity index (χ1) is 9.10. The van der Waals surface area contributed by atoms with Gasteiger partial charge in [-0.1, -0.05) is 32.6 Å². The van der Waals surface area contributed by atoms with Crippen molar-refractivity contribution in [3.63, 3.8) is 0 Å². The van der Waals surface area contributed by atoms with E-state index >= 15 is 0 Å². The lowest BCUT2D eigenvalue weighted by Crippen LogP contribution is -2.32. The molecule has 1 N–H and O–H groups in total. The Hall–Kier alpha value is -1.06. The number of hydrogen-bond acceptors (Lipinski definition) is 3. The van der Waals surface area contributed by atoms with Crippen molar-refractivity contribution in [3.05, 3.63) is 0 Å². The van der Waals surface area contributed by atoms with E-state index in [9.17, 15) is 9.59 Å². The van der Waals surface area contributed by atoms with Crippen molar-refractivity contribution in [1.29, 1.82) is 0 Å². The number of amides is 1. The minimum atomic E-state index is -0.220. The summed E-state index contributed by atoms with van der Waals surface area (Å²) in [4.78, 5) is 22.7. The molecule has 0 radical (unpaired) electrons. The van der Waals surface area contributed by atoms with Crippen molar-refractivity contribution in [1.82, 2.24) is 5.32 Å². The third kappa shape index (κ3) is 11.7. The number of unbranched alkanes of at least 4 members (excludes halogenated alkanes) is 3. The number of nitrogens with one attached hydrogen (secondary N) is 1. The fourth-order valence-corrected chi connectivity index (χ4v) is 1.92. The molecule has 0 aromatic heterocycles. The number of esters is 1. The van der Waals surface area contributed by atoms with Crippen molar-refractivity contribution in [2.45, 2.75) is 78.2 Å². The van der Waals surface area contributed by atoms with Gasteiger partial charge in [0.15, 0.2) is 0 Å². The summed E-state index contributed by atoms with van der Waals surface area (Å²) in [5.74, 6) is -0.185. The molecule has 0 saturated carbocycles. The van der Waals surface area contributed by atoms with Gasteiger partial charge in [0.05, 0.1) is 6.61 Å². The summed E-state index contributed by atoms with van der Waals surface area (Å²) in [6.07, 6.45) is 7.22. The average Bonchev–Trinajstić information content (AvgIpc) is 2.35. The summed E-state index contributed by atoms with van der Waals surface area (Å²) in [5, 5.41) is 2.97. The number of ether oxygens (including phenoxy) is 1. The fraction of sp³-hybridized carbons (Fsp3) is 0.867. The molecule has 0 fully saturated rings. The number of hydrogen-bond donors (Lipinski definition) is 1. The van der Waals surface area contributed by atoms with Gasteiger partial charge in [0.25, 0.3) is 0 Å². The van der Waals surface area contributed by atoms with Crippen LogP contribution in [-0.4, -0.2) is 24.5 Å². The molecule has 0 aliphatic rings. The van der Waals surface area contributed by atoms with E-state index in [1.807, 2.05) is 6.92 Å². The molecule has 0 aromatic carbocycles. The predicted octanol–water partition coefficient (Wildman–Crippen LogP) is 3.19. The third-order valence-electron chi connectivity index (χ3n) is 2.99. The van der Waals surface area contributed by atoms with Crippen LogP contribution < -0.4 is 5.32 Å². The first-order valence-electron chi connectivity index (χ1n) is 7.55. The van der Waals surface area contributed by atoms with Crippen LogP contribution in [0.4, 0.5) is 0 Å². The molecule has 0 rings (SSSR count). The second kappa shape index (κ2) is 12.0. The Kier molecular flexibility index (Phi) is 11.3. The number of carbonyl (C=O) groups is 2. The molecule has 1 amide bonds. The zero-order chi connectivity index (χ0) is 14.5. The van der Waals surface area contributed by atoms with Crippen molar-refractivity contribution in [3.8, 4) is 0 Å². The fourth-order valence-electron chi connectivity index (χ4n) is 1.92. The molecule has 112 valence electrons. The van der Waals surface area contributed by atoms with Crippen LogP contribution in [0.2, 0.25) is 0 Å². The molecule has 0 heterocycles. The molecular weight excluding hydrogens is 242 g/mol. The van der Waals surface area contributed by atoms with Crippen molar-refractivity contribution < 1.29 is 14.3 Å². The Labute approximate surface area is 117 Å². The Morgan fingerprint density at radius 3 is 2.42 bits per heavy atom. The van der Waals surface area contributed by atoms with E-state index in [0.717, 1.165) is 12.8 Å². The summed E-state index contributed by atoms with van der Waals surface area (Å²) in [5.41, 5.74) is 0. The van der Waals surface area contributed by atoms with Crippen LogP contribution in [0.25, 0.3) is 0 Å². The Morgan fingerprint density at radius 2 is 1.79 bits per heavy atom. The van der Waals surface area contributed by atoms with Gasteiger partial charge < -0.3 is 10.1 Å². The number of rotatable bonds is 11. The van der Waals surface area contributed by atoms with Crippen LogP contribution in [0.3, 0.4) is 0 Å². The predicted molar refractivity (Wildman–Crippen MR) is 76.8 cm³/mol. The van der Waals surface area contributed by atoms with E-state index in [-0.39, 0.29) is 17.9 Å². The molecule has 1 unspecified atom stereocenters. The summed E-state index contributed by atoms with van der Waals surface area (Å²) < 4.78 is 4.81. The zero-order valence-electron chi connectivity index (χ0n) is 12.7.